The van der Waals surface area contributed by atoms with E-state index < -0.39 is 0 Å². The van der Waals surface area contributed by atoms with Gasteiger partial charge in [-0.05, 0) is 12.5 Å². The molecule has 0 saturated heterocycles. The standard InChI is InChI=1S/C14H14NO.ClH/c1-12-7-3-4-8-13(12)14(16)11-15-9-5-2-6-10-15;/h2-10H,11H2,1H3;1H/q+1;/p-1. The van der Waals surface area contributed by atoms with Crippen LogP contribution in [0.3, 0.4) is 0 Å². The van der Waals surface area contributed by atoms with Crippen molar-refractivity contribution in [2.75, 3.05) is 0 Å². The summed E-state index contributed by atoms with van der Waals surface area (Å²) in [5.41, 5.74) is 1.84. The molecule has 0 spiro atoms. The van der Waals surface area contributed by atoms with Gasteiger partial charge in [0, 0.05) is 17.7 Å². The number of aryl methyl sites for hydroxylation is 1. The van der Waals surface area contributed by atoms with E-state index in [2.05, 4.69) is 0 Å². The number of pyridine rings is 1. The molecular weight excluding hydrogens is 234 g/mol. The lowest BCUT2D eigenvalue weighted by Gasteiger charge is -2.01. The van der Waals surface area contributed by atoms with Crippen molar-refractivity contribution in [1.29, 1.82) is 0 Å². The van der Waals surface area contributed by atoms with Crippen LogP contribution in [-0.4, -0.2) is 5.78 Å². The molecule has 3 heteroatoms. The Morgan fingerprint density at radius 3 is 2.35 bits per heavy atom. The number of benzene rings is 1. The first-order valence-electron chi connectivity index (χ1n) is 5.30. The molecule has 0 aliphatic carbocycles. The third-order valence-corrected chi connectivity index (χ3v) is 2.55. The molecule has 0 radical (unpaired) electrons. The topological polar surface area (TPSA) is 20.9 Å². The van der Waals surface area contributed by atoms with E-state index in [9.17, 15) is 4.79 Å². The van der Waals surface area contributed by atoms with Gasteiger partial charge in [-0.2, -0.15) is 4.57 Å². The second-order valence-electron chi connectivity index (χ2n) is 3.79. The summed E-state index contributed by atoms with van der Waals surface area (Å²) in [7, 11) is 0. The normalized spacial score (nSPS) is 9.47. The fourth-order valence-electron chi connectivity index (χ4n) is 1.68. The molecule has 0 amide bonds. The van der Waals surface area contributed by atoms with Crippen LogP contribution in [0.25, 0.3) is 0 Å². The Morgan fingerprint density at radius 2 is 1.71 bits per heavy atom. The van der Waals surface area contributed by atoms with Crippen molar-refractivity contribution in [3.05, 3.63) is 66.0 Å². The fraction of sp³-hybridized carbons (Fsp3) is 0.143. The average molecular weight is 248 g/mol. The number of halogens is 1. The lowest BCUT2D eigenvalue weighted by atomic mass is 10.1. The fourth-order valence-corrected chi connectivity index (χ4v) is 1.68. The Labute approximate surface area is 107 Å². The summed E-state index contributed by atoms with van der Waals surface area (Å²) in [5, 5.41) is 0. The zero-order valence-electron chi connectivity index (χ0n) is 9.64. The smallest absolute Gasteiger partial charge is 0.227 e. The van der Waals surface area contributed by atoms with Crippen molar-refractivity contribution in [1.82, 2.24) is 0 Å². The Bertz CT molecular complexity index is 497. The summed E-state index contributed by atoms with van der Waals surface area (Å²) < 4.78 is 1.88. The SMILES string of the molecule is Cc1ccccc1C(=O)C[n+]1ccccc1.[Cl-]. The molecule has 0 bridgehead atoms. The second kappa shape index (κ2) is 6.16. The van der Waals surface area contributed by atoms with Crippen LogP contribution in [-0.2, 0) is 6.54 Å². The minimum atomic E-state index is 0. The van der Waals surface area contributed by atoms with Gasteiger partial charge in [-0.1, -0.05) is 30.3 Å². The first kappa shape index (κ1) is 13.4. The molecule has 88 valence electrons. The van der Waals surface area contributed by atoms with Gasteiger partial charge in [0.1, 0.15) is 0 Å². The summed E-state index contributed by atoms with van der Waals surface area (Å²) in [4.78, 5) is 12.0. The van der Waals surface area contributed by atoms with E-state index in [-0.39, 0.29) is 18.2 Å². The molecular formula is C14H14ClNO. The third kappa shape index (κ3) is 3.40. The van der Waals surface area contributed by atoms with Crippen molar-refractivity contribution in [2.24, 2.45) is 0 Å². The third-order valence-electron chi connectivity index (χ3n) is 2.55. The number of Topliss-reactive ketones (excluding diaryl/α,β-unsaturated/α-hetero) is 1. The minimum absolute atomic E-state index is 0. The highest BCUT2D eigenvalue weighted by atomic mass is 35.5. The monoisotopic (exact) mass is 247 g/mol. The highest BCUT2D eigenvalue weighted by Crippen LogP contribution is 2.07. The lowest BCUT2D eigenvalue weighted by molar-refractivity contribution is -0.683. The van der Waals surface area contributed by atoms with Gasteiger partial charge in [0.05, 0.1) is 0 Å². The molecule has 0 aliphatic rings. The maximum atomic E-state index is 12.0. The van der Waals surface area contributed by atoms with Crippen molar-refractivity contribution >= 4 is 5.78 Å². The summed E-state index contributed by atoms with van der Waals surface area (Å²) in [6.45, 7) is 2.36. The molecule has 0 fully saturated rings. The van der Waals surface area contributed by atoms with Crippen LogP contribution in [0.1, 0.15) is 15.9 Å². The maximum absolute atomic E-state index is 12.0. The van der Waals surface area contributed by atoms with Crippen molar-refractivity contribution in [3.63, 3.8) is 0 Å². The molecule has 0 unspecified atom stereocenters. The van der Waals surface area contributed by atoms with Crippen LogP contribution in [0.5, 0.6) is 0 Å². The van der Waals surface area contributed by atoms with Gasteiger partial charge in [-0.15, -0.1) is 0 Å². The molecule has 2 rings (SSSR count). The summed E-state index contributed by atoms with van der Waals surface area (Å²) >= 11 is 0. The van der Waals surface area contributed by atoms with Gasteiger partial charge in [-0.25, -0.2) is 0 Å². The molecule has 1 aromatic carbocycles. The lowest BCUT2D eigenvalue weighted by Crippen LogP contribution is -3.00. The second-order valence-corrected chi connectivity index (χ2v) is 3.79. The quantitative estimate of drug-likeness (QED) is 0.512. The van der Waals surface area contributed by atoms with Crippen LogP contribution < -0.4 is 17.0 Å². The van der Waals surface area contributed by atoms with E-state index in [4.69, 9.17) is 0 Å². The van der Waals surface area contributed by atoms with Crippen molar-refractivity contribution in [3.8, 4) is 0 Å². The zero-order chi connectivity index (χ0) is 11.4. The van der Waals surface area contributed by atoms with Crippen LogP contribution in [0.15, 0.2) is 54.9 Å². The van der Waals surface area contributed by atoms with E-state index in [0.29, 0.717) is 6.54 Å². The molecule has 1 aromatic heterocycles. The number of hydrogen-bond acceptors (Lipinski definition) is 1. The van der Waals surface area contributed by atoms with E-state index >= 15 is 0 Å². The summed E-state index contributed by atoms with van der Waals surface area (Å²) in [6.07, 6.45) is 3.80. The number of aromatic nitrogens is 1. The first-order valence-corrected chi connectivity index (χ1v) is 5.30. The molecule has 0 saturated carbocycles. The largest absolute Gasteiger partial charge is 1.00 e. The summed E-state index contributed by atoms with van der Waals surface area (Å²) in [6, 6.07) is 13.5. The minimum Gasteiger partial charge on any atom is -1.00 e. The predicted molar refractivity (Wildman–Crippen MR) is 62.1 cm³/mol. The van der Waals surface area contributed by atoms with Crippen LogP contribution in [0.4, 0.5) is 0 Å². The molecule has 2 aromatic rings. The van der Waals surface area contributed by atoms with Crippen LogP contribution in [0, 0.1) is 6.92 Å². The van der Waals surface area contributed by atoms with Gasteiger partial charge in [0.15, 0.2) is 12.4 Å². The number of hydrogen-bond donors (Lipinski definition) is 0. The Morgan fingerprint density at radius 1 is 1.06 bits per heavy atom. The summed E-state index contributed by atoms with van der Waals surface area (Å²) in [5.74, 6) is 0.148. The molecule has 2 nitrogen and oxygen atoms in total. The van der Waals surface area contributed by atoms with Crippen molar-refractivity contribution < 1.29 is 21.8 Å². The maximum Gasteiger partial charge on any atom is 0.227 e. The number of nitrogens with zero attached hydrogens (tertiary/aromatic N) is 1. The zero-order valence-corrected chi connectivity index (χ0v) is 10.4. The van der Waals surface area contributed by atoms with Gasteiger partial charge in [0.2, 0.25) is 12.3 Å². The van der Waals surface area contributed by atoms with Gasteiger partial charge in [-0.3, -0.25) is 4.79 Å². The molecule has 1 heterocycles. The van der Waals surface area contributed by atoms with E-state index in [1.54, 1.807) is 0 Å². The van der Waals surface area contributed by atoms with Gasteiger partial charge >= 0.3 is 0 Å². The number of rotatable bonds is 3. The number of ketones is 1. The molecule has 0 N–H and O–H groups in total. The Balaban J connectivity index is 0.00000144. The van der Waals surface area contributed by atoms with E-state index in [0.717, 1.165) is 11.1 Å². The molecule has 0 atom stereocenters. The van der Waals surface area contributed by atoms with Crippen molar-refractivity contribution in [2.45, 2.75) is 13.5 Å². The molecule has 17 heavy (non-hydrogen) atoms. The van der Waals surface area contributed by atoms with Gasteiger partial charge < -0.3 is 12.4 Å². The van der Waals surface area contributed by atoms with Gasteiger partial charge in [0.25, 0.3) is 0 Å². The molecule has 0 aliphatic heterocycles. The predicted octanol–water partition coefficient (Wildman–Crippen LogP) is -0.831. The van der Waals surface area contributed by atoms with Crippen LogP contribution in [0.2, 0.25) is 0 Å². The van der Waals surface area contributed by atoms with E-state index in [1.165, 1.54) is 0 Å². The first-order chi connectivity index (χ1) is 7.77. The Kier molecular flexibility index (Phi) is 4.85. The highest BCUT2D eigenvalue weighted by molar-refractivity contribution is 5.96. The Hall–Kier alpha value is -1.67. The average Bonchev–Trinajstić information content (AvgIpc) is 2.31. The number of carbonyl (C=O) groups excluding carboxylic acids is 1. The highest BCUT2D eigenvalue weighted by Gasteiger charge is 2.12. The number of carbonyl (C=O) groups is 1. The van der Waals surface area contributed by atoms with Crippen LogP contribution >= 0.6 is 0 Å². The van der Waals surface area contributed by atoms with E-state index in [1.807, 2.05) is 66.3 Å².